The quantitative estimate of drug-likeness (QED) is 0.805. The van der Waals surface area contributed by atoms with Crippen molar-refractivity contribution < 1.29 is 8.42 Å². The van der Waals surface area contributed by atoms with Gasteiger partial charge in [-0.1, -0.05) is 0 Å². The van der Waals surface area contributed by atoms with E-state index in [1.165, 1.54) is 6.07 Å². The lowest BCUT2D eigenvalue weighted by Crippen LogP contribution is -2.22. The van der Waals surface area contributed by atoms with E-state index in [9.17, 15) is 13.3 Å². The molecule has 1 aromatic carbocycles. The smallest absolute Gasteiger partial charge is 0.229 e. The highest BCUT2D eigenvalue weighted by Crippen LogP contribution is 2.30. The standard InChI is InChI=1S/C11H17N3O3S/c1-4-14(5-2)9-6-7-10(12-15)11(8-9)13-18(3,16)17/h6-8,13H,4-5H2,1-3H3. The molecule has 7 heteroatoms. The van der Waals surface area contributed by atoms with E-state index in [-0.39, 0.29) is 11.4 Å². The topological polar surface area (TPSA) is 78.8 Å². The number of nitroso groups, excluding NO2 is 1. The summed E-state index contributed by atoms with van der Waals surface area (Å²) in [6.45, 7) is 5.59. The van der Waals surface area contributed by atoms with Crippen LogP contribution in [0.5, 0.6) is 0 Å². The Morgan fingerprint density at radius 2 is 1.89 bits per heavy atom. The zero-order valence-corrected chi connectivity index (χ0v) is 11.5. The van der Waals surface area contributed by atoms with Gasteiger partial charge in [0.1, 0.15) is 5.69 Å². The molecule has 0 saturated carbocycles. The summed E-state index contributed by atoms with van der Waals surface area (Å²) in [6.07, 6.45) is 1.03. The molecule has 6 nitrogen and oxygen atoms in total. The molecule has 0 aromatic heterocycles. The summed E-state index contributed by atoms with van der Waals surface area (Å²) in [5.41, 5.74) is 1.13. The monoisotopic (exact) mass is 271 g/mol. The number of anilines is 2. The van der Waals surface area contributed by atoms with Gasteiger partial charge >= 0.3 is 0 Å². The Labute approximate surface area is 107 Å². The molecule has 0 heterocycles. The van der Waals surface area contributed by atoms with E-state index in [1.807, 2.05) is 18.7 Å². The van der Waals surface area contributed by atoms with Gasteiger partial charge in [-0.3, -0.25) is 4.72 Å². The van der Waals surface area contributed by atoms with E-state index in [4.69, 9.17) is 0 Å². The van der Waals surface area contributed by atoms with Gasteiger partial charge in [0.15, 0.2) is 0 Å². The van der Waals surface area contributed by atoms with Crippen molar-refractivity contribution in [1.29, 1.82) is 0 Å². The number of nitrogens with one attached hydrogen (secondary N) is 1. The summed E-state index contributed by atoms with van der Waals surface area (Å²) < 4.78 is 24.7. The number of nitrogens with zero attached hydrogens (tertiary/aromatic N) is 2. The highest BCUT2D eigenvalue weighted by Gasteiger charge is 2.11. The molecule has 0 amide bonds. The third-order valence-electron chi connectivity index (χ3n) is 2.50. The van der Waals surface area contributed by atoms with Crippen LogP contribution >= 0.6 is 0 Å². The molecule has 1 rings (SSSR count). The molecule has 0 radical (unpaired) electrons. The number of sulfonamides is 1. The van der Waals surface area contributed by atoms with Gasteiger partial charge in [-0.25, -0.2) is 8.42 Å². The van der Waals surface area contributed by atoms with Crippen molar-refractivity contribution in [3.8, 4) is 0 Å². The van der Waals surface area contributed by atoms with Crippen LogP contribution < -0.4 is 9.62 Å². The highest BCUT2D eigenvalue weighted by molar-refractivity contribution is 7.92. The minimum absolute atomic E-state index is 0.0799. The number of hydrogen-bond donors (Lipinski definition) is 1. The molecule has 1 N–H and O–H groups in total. The van der Waals surface area contributed by atoms with E-state index in [1.54, 1.807) is 12.1 Å². The average Bonchev–Trinajstić information content (AvgIpc) is 2.29. The van der Waals surface area contributed by atoms with Gasteiger partial charge in [0.25, 0.3) is 0 Å². The van der Waals surface area contributed by atoms with Crippen molar-refractivity contribution in [2.24, 2.45) is 5.18 Å². The Balaban J connectivity index is 3.20. The zero-order valence-electron chi connectivity index (χ0n) is 10.7. The van der Waals surface area contributed by atoms with Gasteiger partial charge in [0.2, 0.25) is 10.0 Å². The number of hydrogen-bond acceptors (Lipinski definition) is 5. The predicted octanol–water partition coefficient (Wildman–Crippen LogP) is 2.30. The minimum Gasteiger partial charge on any atom is -0.372 e. The second-order valence-electron chi connectivity index (χ2n) is 3.84. The summed E-state index contributed by atoms with van der Waals surface area (Å²) >= 11 is 0. The Morgan fingerprint density at radius 1 is 1.28 bits per heavy atom. The van der Waals surface area contributed by atoms with E-state index in [0.717, 1.165) is 25.0 Å². The molecule has 0 atom stereocenters. The number of rotatable bonds is 6. The van der Waals surface area contributed by atoms with Crippen LogP contribution in [-0.4, -0.2) is 27.8 Å². The summed E-state index contributed by atoms with van der Waals surface area (Å²) in [5.74, 6) is 0. The lowest BCUT2D eigenvalue weighted by atomic mass is 10.2. The van der Waals surface area contributed by atoms with Crippen LogP contribution in [0.2, 0.25) is 0 Å². The molecule has 1 aromatic rings. The summed E-state index contributed by atoms with van der Waals surface area (Å²) in [6, 6.07) is 4.87. The molecule has 18 heavy (non-hydrogen) atoms. The molecular formula is C11H17N3O3S. The molecular weight excluding hydrogens is 254 g/mol. The Morgan fingerprint density at radius 3 is 2.33 bits per heavy atom. The molecule has 0 aliphatic rings. The molecule has 0 aliphatic heterocycles. The lowest BCUT2D eigenvalue weighted by Gasteiger charge is -2.22. The zero-order chi connectivity index (χ0) is 13.8. The van der Waals surface area contributed by atoms with Gasteiger partial charge < -0.3 is 4.90 Å². The number of benzene rings is 1. The molecule has 100 valence electrons. The van der Waals surface area contributed by atoms with E-state index >= 15 is 0 Å². The van der Waals surface area contributed by atoms with Gasteiger partial charge in [0, 0.05) is 18.8 Å². The SMILES string of the molecule is CCN(CC)c1ccc(N=O)c(NS(C)(=O)=O)c1. The van der Waals surface area contributed by atoms with Crippen LogP contribution in [0.25, 0.3) is 0 Å². The maximum Gasteiger partial charge on any atom is 0.229 e. The van der Waals surface area contributed by atoms with Gasteiger partial charge in [-0.2, -0.15) is 0 Å². The fourth-order valence-electron chi connectivity index (χ4n) is 1.67. The molecule has 0 saturated heterocycles. The fourth-order valence-corrected chi connectivity index (χ4v) is 2.23. The van der Waals surface area contributed by atoms with Crippen LogP contribution in [0.3, 0.4) is 0 Å². The van der Waals surface area contributed by atoms with Gasteiger partial charge in [-0.05, 0) is 37.2 Å². The van der Waals surface area contributed by atoms with Crippen LogP contribution in [-0.2, 0) is 10.0 Å². The van der Waals surface area contributed by atoms with Crippen LogP contribution in [0.15, 0.2) is 23.4 Å². The predicted molar refractivity (Wildman–Crippen MR) is 73.9 cm³/mol. The lowest BCUT2D eigenvalue weighted by molar-refractivity contribution is 0.607. The Bertz CT molecular complexity index is 524. The Kier molecular flexibility index (Phi) is 4.66. The molecule has 0 bridgehead atoms. The van der Waals surface area contributed by atoms with Crippen molar-refractivity contribution in [3.05, 3.63) is 23.1 Å². The third-order valence-corrected chi connectivity index (χ3v) is 3.09. The Hall–Kier alpha value is -1.63. The fraction of sp³-hybridized carbons (Fsp3) is 0.455. The minimum atomic E-state index is -3.43. The maximum atomic E-state index is 11.2. The normalized spacial score (nSPS) is 11.1. The first kappa shape index (κ1) is 14.4. The van der Waals surface area contributed by atoms with Crippen LogP contribution in [0, 0.1) is 4.91 Å². The first-order chi connectivity index (χ1) is 8.41. The van der Waals surface area contributed by atoms with E-state index in [0.29, 0.717) is 0 Å². The second kappa shape index (κ2) is 5.81. The largest absolute Gasteiger partial charge is 0.372 e. The van der Waals surface area contributed by atoms with Crippen molar-refractivity contribution in [3.63, 3.8) is 0 Å². The van der Waals surface area contributed by atoms with Gasteiger partial charge in [-0.15, -0.1) is 4.91 Å². The molecule has 0 aliphatic carbocycles. The van der Waals surface area contributed by atoms with Crippen molar-refractivity contribution in [2.75, 3.05) is 29.0 Å². The first-order valence-electron chi connectivity index (χ1n) is 5.61. The second-order valence-corrected chi connectivity index (χ2v) is 5.59. The molecule has 0 fully saturated rings. The van der Waals surface area contributed by atoms with E-state index in [2.05, 4.69) is 9.90 Å². The first-order valence-corrected chi connectivity index (χ1v) is 7.50. The van der Waals surface area contributed by atoms with Crippen molar-refractivity contribution in [1.82, 2.24) is 0 Å². The summed E-state index contributed by atoms with van der Waals surface area (Å²) in [4.78, 5) is 12.7. The summed E-state index contributed by atoms with van der Waals surface area (Å²) in [5, 5.41) is 2.81. The molecule has 0 spiro atoms. The van der Waals surface area contributed by atoms with E-state index < -0.39 is 10.0 Å². The highest BCUT2D eigenvalue weighted by atomic mass is 32.2. The average molecular weight is 271 g/mol. The van der Waals surface area contributed by atoms with Crippen molar-refractivity contribution in [2.45, 2.75) is 13.8 Å². The third kappa shape index (κ3) is 3.69. The maximum absolute atomic E-state index is 11.2. The van der Waals surface area contributed by atoms with Crippen molar-refractivity contribution >= 4 is 27.1 Å². The van der Waals surface area contributed by atoms with Crippen LogP contribution in [0.1, 0.15) is 13.8 Å². The summed E-state index contributed by atoms with van der Waals surface area (Å²) in [7, 11) is -3.43. The van der Waals surface area contributed by atoms with Gasteiger partial charge in [0.05, 0.1) is 11.9 Å². The van der Waals surface area contributed by atoms with Crippen LogP contribution in [0.4, 0.5) is 17.1 Å². The molecule has 0 unspecified atom stereocenters.